The van der Waals surface area contributed by atoms with Crippen LogP contribution < -0.4 is 5.73 Å². The lowest BCUT2D eigenvalue weighted by molar-refractivity contribution is -0.137. The van der Waals surface area contributed by atoms with E-state index >= 15 is 0 Å². The van der Waals surface area contributed by atoms with Crippen molar-refractivity contribution in [3.63, 3.8) is 0 Å². The van der Waals surface area contributed by atoms with Crippen molar-refractivity contribution in [1.82, 2.24) is 4.98 Å². The van der Waals surface area contributed by atoms with Crippen molar-refractivity contribution < 1.29 is 19.8 Å². The van der Waals surface area contributed by atoms with Gasteiger partial charge in [0, 0.05) is 24.9 Å². The maximum absolute atomic E-state index is 10.7. The van der Waals surface area contributed by atoms with Crippen LogP contribution in [0.2, 0.25) is 0 Å². The summed E-state index contributed by atoms with van der Waals surface area (Å²) in [4.78, 5) is 24.0. The molecule has 0 aliphatic heterocycles. The van der Waals surface area contributed by atoms with Crippen LogP contribution in [-0.4, -0.2) is 27.1 Å². The van der Waals surface area contributed by atoms with Crippen LogP contribution in [0.4, 0.5) is 0 Å². The zero-order valence-electron chi connectivity index (χ0n) is 8.69. The van der Waals surface area contributed by atoms with Gasteiger partial charge in [-0.15, -0.1) is 0 Å². The fraction of sp³-hybridized carbons (Fsp3) is 0.400. The average Bonchev–Trinajstić information content (AvgIpc) is 2.56. The van der Waals surface area contributed by atoms with Crippen molar-refractivity contribution in [2.24, 2.45) is 5.73 Å². The number of hydrogen-bond acceptors (Lipinski definition) is 3. The standard InChI is InChI=1S/C10H14N2O4/c11-4-8-7(3-10(15)16)6(5-12-8)1-2-9(13)14/h5,12H,1-4,11H2,(H,13,14)(H,15,16)/i2+1,9+1. The Morgan fingerprint density at radius 3 is 2.50 bits per heavy atom. The van der Waals surface area contributed by atoms with E-state index in [-0.39, 0.29) is 19.4 Å². The molecule has 0 saturated carbocycles. The van der Waals surface area contributed by atoms with E-state index in [1.807, 2.05) is 0 Å². The van der Waals surface area contributed by atoms with E-state index in [2.05, 4.69) is 4.98 Å². The van der Waals surface area contributed by atoms with Crippen LogP contribution in [0, 0.1) is 0 Å². The minimum absolute atomic E-state index is 0.0194. The first-order valence-electron chi connectivity index (χ1n) is 4.86. The predicted octanol–water partition coefficient (Wildman–Crippen LogP) is 0.118. The predicted molar refractivity (Wildman–Crippen MR) is 56.0 cm³/mol. The van der Waals surface area contributed by atoms with E-state index in [0.717, 1.165) is 0 Å². The Morgan fingerprint density at radius 2 is 2.00 bits per heavy atom. The molecule has 16 heavy (non-hydrogen) atoms. The molecule has 0 amide bonds. The van der Waals surface area contributed by atoms with E-state index < -0.39 is 11.9 Å². The minimum Gasteiger partial charge on any atom is -0.481 e. The third-order valence-corrected chi connectivity index (χ3v) is 2.31. The lowest BCUT2D eigenvalue weighted by Gasteiger charge is -2.02. The van der Waals surface area contributed by atoms with Gasteiger partial charge >= 0.3 is 11.9 Å². The zero-order chi connectivity index (χ0) is 12.1. The number of aliphatic carboxylic acids is 2. The third kappa shape index (κ3) is 3.09. The molecule has 0 radical (unpaired) electrons. The van der Waals surface area contributed by atoms with Gasteiger partial charge in [-0.2, -0.15) is 0 Å². The molecule has 0 saturated heterocycles. The highest BCUT2D eigenvalue weighted by atomic mass is 16.5. The van der Waals surface area contributed by atoms with Gasteiger partial charge in [-0.1, -0.05) is 0 Å². The summed E-state index contributed by atoms with van der Waals surface area (Å²) in [6, 6.07) is 0. The van der Waals surface area contributed by atoms with E-state index in [4.69, 9.17) is 15.9 Å². The van der Waals surface area contributed by atoms with Gasteiger partial charge in [-0.25, -0.2) is 0 Å². The minimum atomic E-state index is -0.953. The SMILES string of the molecule is NCc1[nH]cc(C[13CH2][13C](=O)O)c1CC(=O)O. The van der Waals surface area contributed by atoms with E-state index in [0.29, 0.717) is 23.2 Å². The number of nitrogens with two attached hydrogens (primary N) is 1. The number of hydrogen-bond donors (Lipinski definition) is 4. The maximum atomic E-state index is 10.7. The summed E-state index contributed by atoms with van der Waals surface area (Å²) in [6.07, 6.45) is 1.79. The summed E-state index contributed by atoms with van der Waals surface area (Å²) in [5, 5.41) is 17.3. The van der Waals surface area contributed by atoms with E-state index in [1.54, 1.807) is 6.20 Å². The van der Waals surface area contributed by atoms with Crippen molar-refractivity contribution in [3.8, 4) is 0 Å². The lowest BCUT2D eigenvalue weighted by Crippen LogP contribution is -2.08. The second-order valence-corrected chi connectivity index (χ2v) is 3.44. The summed E-state index contributed by atoms with van der Waals surface area (Å²) in [6.45, 7) is 0.218. The van der Waals surface area contributed by atoms with Gasteiger partial charge < -0.3 is 20.9 Å². The molecular weight excluding hydrogens is 214 g/mol. The van der Waals surface area contributed by atoms with Crippen LogP contribution in [0.15, 0.2) is 6.20 Å². The Morgan fingerprint density at radius 1 is 1.31 bits per heavy atom. The Labute approximate surface area is 92.1 Å². The molecule has 1 aromatic heterocycles. The molecule has 0 bridgehead atoms. The van der Waals surface area contributed by atoms with Gasteiger partial charge in [0.15, 0.2) is 0 Å². The number of nitrogens with one attached hydrogen (secondary N) is 1. The average molecular weight is 228 g/mol. The fourth-order valence-corrected chi connectivity index (χ4v) is 1.56. The Hall–Kier alpha value is -1.82. The quantitative estimate of drug-likeness (QED) is 0.516. The van der Waals surface area contributed by atoms with E-state index in [1.165, 1.54) is 0 Å². The van der Waals surface area contributed by atoms with Crippen LogP contribution in [0.5, 0.6) is 0 Å². The number of aryl methyl sites for hydroxylation is 1. The number of aromatic amines is 1. The number of carbonyl (C=O) groups is 2. The second kappa shape index (κ2) is 5.32. The second-order valence-electron chi connectivity index (χ2n) is 3.44. The highest BCUT2D eigenvalue weighted by Crippen LogP contribution is 2.16. The molecule has 5 N–H and O–H groups in total. The topological polar surface area (TPSA) is 116 Å². The molecule has 0 atom stereocenters. The van der Waals surface area contributed by atoms with Crippen molar-refractivity contribution in [2.45, 2.75) is 25.8 Å². The summed E-state index contributed by atoms with van der Waals surface area (Å²) in [7, 11) is 0. The monoisotopic (exact) mass is 228 g/mol. The molecule has 0 fully saturated rings. The molecule has 1 heterocycles. The molecule has 6 nitrogen and oxygen atoms in total. The largest absolute Gasteiger partial charge is 0.481 e. The summed E-state index contributed by atoms with van der Waals surface area (Å²) >= 11 is 0. The Balaban J connectivity index is 2.86. The lowest BCUT2D eigenvalue weighted by atomic mass is 10.1. The Kier molecular flexibility index (Phi) is 4.07. The van der Waals surface area contributed by atoms with Gasteiger partial charge in [0.2, 0.25) is 0 Å². The van der Waals surface area contributed by atoms with Crippen LogP contribution in [-0.2, 0) is 29.0 Å². The van der Waals surface area contributed by atoms with Crippen molar-refractivity contribution >= 4 is 11.9 Å². The van der Waals surface area contributed by atoms with Gasteiger partial charge in [0.05, 0.1) is 6.42 Å². The molecule has 0 aromatic carbocycles. The first-order chi connectivity index (χ1) is 7.54. The van der Waals surface area contributed by atoms with Gasteiger partial charge in [-0.3, -0.25) is 9.59 Å². The molecule has 0 aliphatic carbocycles. The first-order valence-corrected chi connectivity index (χ1v) is 4.86. The smallest absolute Gasteiger partial charge is 0.307 e. The Bertz CT molecular complexity index is 398. The highest BCUT2D eigenvalue weighted by Gasteiger charge is 2.14. The molecule has 1 aromatic rings. The first kappa shape index (κ1) is 12.3. The zero-order valence-corrected chi connectivity index (χ0v) is 8.69. The molecule has 88 valence electrons. The van der Waals surface area contributed by atoms with Gasteiger partial charge in [0.25, 0.3) is 0 Å². The van der Waals surface area contributed by atoms with Crippen LogP contribution >= 0.6 is 0 Å². The van der Waals surface area contributed by atoms with E-state index in [9.17, 15) is 9.59 Å². The third-order valence-electron chi connectivity index (χ3n) is 2.31. The number of aromatic nitrogens is 1. The van der Waals surface area contributed by atoms with Crippen molar-refractivity contribution in [2.75, 3.05) is 0 Å². The van der Waals surface area contributed by atoms with Gasteiger partial charge in [0.1, 0.15) is 0 Å². The number of rotatable bonds is 6. The van der Waals surface area contributed by atoms with Crippen LogP contribution in [0.1, 0.15) is 23.2 Å². The molecule has 0 aliphatic rings. The van der Waals surface area contributed by atoms with Crippen LogP contribution in [0.3, 0.4) is 0 Å². The van der Waals surface area contributed by atoms with Crippen LogP contribution in [0.25, 0.3) is 0 Å². The number of carboxylic acid groups (broad SMARTS) is 2. The normalized spacial score (nSPS) is 10.3. The molecule has 6 heteroatoms. The van der Waals surface area contributed by atoms with Crippen molar-refractivity contribution in [1.29, 1.82) is 0 Å². The summed E-state index contributed by atoms with van der Waals surface area (Å²) < 4.78 is 0. The maximum Gasteiger partial charge on any atom is 0.307 e. The molecule has 0 unspecified atom stereocenters. The fourth-order valence-electron chi connectivity index (χ4n) is 1.56. The number of H-pyrrole nitrogens is 1. The molecule has 0 spiro atoms. The number of carboxylic acids is 2. The molecule has 1 rings (SSSR count). The van der Waals surface area contributed by atoms with Gasteiger partial charge in [-0.05, 0) is 17.5 Å². The summed E-state index contributed by atoms with van der Waals surface area (Å²) in [5.74, 6) is -1.86. The highest BCUT2D eigenvalue weighted by molar-refractivity contribution is 5.71. The van der Waals surface area contributed by atoms with Crippen molar-refractivity contribution in [3.05, 3.63) is 23.0 Å². The summed E-state index contributed by atoms with van der Waals surface area (Å²) in [5.41, 5.74) is 7.43. The molecular formula is C10H14N2O4.